The highest BCUT2D eigenvalue weighted by molar-refractivity contribution is 7.89. The zero-order valence-corrected chi connectivity index (χ0v) is 19.5. The van der Waals surface area contributed by atoms with E-state index in [-0.39, 0.29) is 29.5 Å². The van der Waals surface area contributed by atoms with Crippen LogP contribution in [-0.2, 0) is 10.0 Å². The minimum atomic E-state index is -3.75. The van der Waals surface area contributed by atoms with E-state index in [2.05, 4.69) is 14.9 Å². The van der Waals surface area contributed by atoms with Crippen LogP contribution in [0.15, 0.2) is 72.1 Å². The molecule has 0 saturated carbocycles. The van der Waals surface area contributed by atoms with Crippen molar-refractivity contribution in [1.82, 2.24) is 19.2 Å². The Hall–Kier alpha value is -2.72. The lowest BCUT2D eigenvalue weighted by Crippen LogP contribution is -2.67. The van der Waals surface area contributed by atoms with Gasteiger partial charge in [0, 0.05) is 49.0 Å². The lowest BCUT2D eigenvalue weighted by atomic mass is 9.74. The lowest BCUT2D eigenvalue weighted by Gasteiger charge is -2.57. The number of sulfonamides is 1. The van der Waals surface area contributed by atoms with Crippen molar-refractivity contribution in [1.29, 1.82) is 0 Å². The molecule has 34 heavy (non-hydrogen) atoms. The van der Waals surface area contributed by atoms with Crippen LogP contribution in [0.4, 0.5) is 4.39 Å². The highest BCUT2D eigenvalue weighted by Gasteiger charge is 2.50. The Kier molecular flexibility index (Phi) is 6.44. The number of aromatic nitrogens is 2. The summed E-state index contributed by atoms with van der Waals surface area (Å²) in [6, 6.07) is 13.0. The van der Waals surface area contributed by atoms with Gasteiger partial charge in [0.2, 0.25) is 10.0 Å². The normalized spacial score (nSPS) is 24.0. The lowest BCUT2D eigenvalue weighted by molar-refractivity contribution is -0.0553. The van der Waals surface area contributed by atoms with Gasteiger partial charge < -0.3 is 5.11 Å². The zero-order chi connectivity index (χ0) is 23.7. The summed E-state index contributed by atoms with van der Waals surface area (Å²) in [7, 11) is -3.75. The highest BCUT2D eigenvalue weighted by Crippen LogP contribution is 2.43. The smallest absolute Gasteiger partial charge is 0.243 e. The monoisotopic (exact) mass is 482 g/mol. The van der Waals surface area contributed by atoms with E-state index in [9.17, 15) is 17.9 Å². The van der Waals surface area contributed by atoms with Crippen molar-refractivity contribution in [3.05, 3.63) is 78.6 Å². The molecule has 9 heteroatoms. The Labute approximate surface area is 198 Å². The summed E-state index contributed by atoms with van der Waals surface area (Å²) in [6.07, 6.45) is 6.60. The number of hydrogen-bond donors (Lipinski definition) is 1. The molecule has 2 aliphatic heterocycles. The van der Waals surface area contributed by atoms with Crippen molar-refractivity contribution in [3.8, 4) is 11.1 Å². The number of rotatable bonds is 5. The molecule has 2 saturated heterocycles. The minimum absolute atomic E-state index is 0.00934. The summed E-state index contributed by atoms with van der Waals surface area (Å²) in [5.41, 5.74) is 2.99. The van der Waals surface area contributed by atoms with Gasteiger partial charge >= 0.3 is 0 Å². The molecule has 3 heterocycles. The maximum atomic E-state index is 13.4. The van der Waals surface area contributed by atoms with Crippen LogP contribution < -0.4 is 0 Å². The van der Waals surface area contributed by atoms with Gasteiger partial charge in [0.25, 0.3) is 0 Å². The molecule has 178 valence electrons. The molecule has 5 rings (SSSR count). The maximum absolute atomic E-state index is 13.4. The standard InChI is InChI=1S/C25H27FN4O3S/c26-21-7-9-22(10-8-21)34(32,33)29-11-1-2-12-30-23(15-29)25(24(30)16-31)19-5-3-18(4-6-19)20-13-27-17-28-14-20/h3-10,13-14,17,23-25,31H,1-2,11-12,15-16H2/t23-,24-,25+/m1/s1. The largest absolute Gasteiger partial charge is 0.395 e. The van der Waals surface area contributed by atoms with E-state index in [0.717, 1.165) is 36.1 Å². The second-order valence-electron chi connectivity index (χ2n) is 8.85. The van der Waals surface area contributed by atoms with Crippen LogP contribution in [0, 0.1) is 5.82 Å². The van der Waals surface area contributed by atoms with Gasteiger partial charge in [-0.2, -0.15) is 4.31 Å². The second-order valence-corrected chi connectivity index (χ2v) is 10.8. The average molecular weight is 483 g/mol. The second kappa shape index (κ2) is 9.50. The van der Waals surface area contributed by atoms with E-state index < -0.39 is 15.8 Å². The van der Waals surface area contributed by atoms with E-state index in [4.69, 9.17) is 0 Å². The zero-order valence-electron chi connectivity index (χ0n) is 18.7. The Morgan fingerprint density at radius 1 is 0.941 bits per heavy atom. The molecule has 7 nitrogen and oxygen atoms in total. The Morgan fingerprint density at radius 3 is 2.29 bits per heavy atom. The van der Waals surface area contributed by atoms with Crippen LogP contribution in [0.3, 0.4) is 0 Å². The summed E-state index contributed by atoms with van der Waals surface area (Å²) < 4.78 is 41.6. The van der Waals surface area contributed by atoms with Gasteiger partial charge in [-0.1, -0.05) is 24.3 Å². The fourth-order valence-electron chi connectivity index (χ4n) is 5.23. The van der Waals surface area contributed by atoms with Gasteiger partial charge in [0.1, 0.15) is 12.1 Å². The topological polar surface area (TPSA) is 86.6 Å². The number of fused-ring (bicyclic) bond motifs is 1. The molecule has 1 aromatic heterocycles. The Morgan fingerprint density at radius 2 is 1.62 bits per heavy atom. The number of nitrogens with zero attached hydrogens (tertiary/aromatic N) is 4. The highest BCUT2D eigenvalue weighted by atomic mass is 32.2. The number of aliphatic hydroxyl groups excluding tert-OH is 1. The molecule has 3 aromatic rings. The molecule has 0 spiro atoms. The molecule has 0 aliphatic carbocycles. The first kappa shape index (κ1) is 23.0. The van der Waals surface area contributed by atoms with Gasteiger partial charge in [-0.25, -0.2) is 22.8 Å². The number of halogens is 1. The third kappa shape index (κ3) is 4.24. The summed E-state index contributed by atoms with van der Waals surface area (Å²) in [6.45, 7) is 1.60. The van der Waals surface area contributed by atoms with Crippen molar-refractivity contribution >= 4 is 10.0 Å². The third-order valence-corrected chi connectivity index (χ3v) is 8.85. The van der Waals surface area contributed by atoms with E-state index in [0.29, 0.717) is 13.1 Å². The van der Waals surface area contributed by atoms with Crippen LogP contribution in [0.2, 0.25) is 0 Å². The third-order valence-electron chi connectivity index (χ3n) is 6.97. The Balaban J connectivity index is 1.42. The van der Waals surface area contributed by atoms with E-state index in [1.165, 1.54) is 34.9 Å². The van der Waals surface area contributed by atoms with Crippen LogP contribution in [0.1, 0.15) is 24.3 Å². The minimum Gasteiger partial charge on any atom is -0.395 e. The number of hydrogen-bond acceptors (Lipinski definition) is 6. The average Bonchev–Trinajstić information content (AvgIpc) is 2.84. The van der Waals surface area contributed by atoms with E-state index in [1.54, 1.807) is 12.4 Å². The fourth-order valence-corrected chi connectivity index (χ4v) is 6.73. The fraction of sp³-hybridized carbons (Fsp3) is 0.360. The summed E-state index contributed by atoms with van der Waals surface area (Å²) in [5.74, 6) is -0.455. The van der Waals surface area contributed by atoms with Crippen molar-refractivity contribution in [3.63, 3.8) is 0 Å². The van der Waals surface area contributed by atoms with Crippen LogP contribution in [0.25, 0.3) is 11.1 Å². The molecule has 0 unspecified atom stereocenters. The van der Waals surface area contributed by atoms with E-state index in [1.807, 2.05) is 24.3 Å². The van der Waals surface area contributed by atoms with Gasteiger partial charge in [0.05, 0.1) is 11.5 Å². The van der Waals surface area contributed by atoms with Gasteiger partial charge in [0.15, 0.2) is 0 Å². The maximum Gasteiger partial charge on any atom is 0.243 e. The summed E-state index contributed by atoms with van der Waals surface area (Å²) >= 11 is 0. The van der Waals surface area contributed by atoms with E-state index >= 15 is 0 Å². The van der Waals surface area contributed by atoms with Crippen molar-refractivity contribution in [2.75, 3.05) is 26.2 Å². The van der Waals surface area contributed by atoms with Gasteiger partial charge in [-0.05, 0) is 54.8 Å². The molecule has 0 radical (unpaired) electrons. The first-order chi connectivity index (χ1) is 16.5. The van der Waals surface area contributed by atoms with Crippen LogP contribution >= 0.6 is 0 Å². The van der Waals surface area contributed by atoms with Gasteiger partial charge in [-0.15, -0.1) is 0 Å². The summed E-state index contributed by atoms with van der Waals surface area (Å²) in [5, 5.41) is 10.2. The summed E-state index contributed by atoms with van der Waals surface area (Å²) in [4.78, 5) is 10.5. The predicted octanol–water partition coefficient (Wildman–Crippen LogP) is 2.90. The van der Waals surface area contributed by atoms with Crippen molar-refractivity contribution in [2.24, 2.45) is 0 Å². The molecule has 1 N–H and O–H groups in total. The quantitative estimate of drug-likeness (QED) is 0.602. The molecule has 3 atom stereocenters. The molecular formula is C25H27FN4O3S. The molecular weight excluding hydrogens is 455 g/mol. The first-order valence-electron chi connectivity index (χ1n) is 11.5. The number of benzene rings is 2. The molecule has 2 fully saturated rings. The molecule has 0 bridgehead atoms. The Bertz CT molecular complexity index is 1220. The molecule has 2 aliphatic rings. The molecule has 0 amide bonds. The van der Waals surface area contributed by atoms with Crippen LogP contribution in [0.5, 0.6) is 0 Å². The first-order valence-corrected chi connectivity index (χ1v) is 12.9. The van der Waals surface area contributed by atoms with Crippen molar-refractivity contribution in [2.45, 2.75) is 35.7 Å². The predicted molar refractivity (Wildman–Crippen MR) is 126 cm³/mol. The number of aliphatic hydroxyl groups is 1. The van der Waals surface area contributed by atoms with Crippen LogP contribution in [-0.4, -0.2) is 71.0 Å². The SMILES string of the molecule is O=S(=O)(c1ccc(F)cc1)N1CCCCN2[C@H](CO)[C@@H](c3ccc(-c4cncnc4)cc3)[C@H]2C1. The molecule has 2 aromatic carbocycles. The van der Waals surface area contributed by atoms with Gasteiger partial charge in [-0.3, -0.25) is 4.90 Å². The van der Waals surface area contributed by atoms with Crippen molar-refractivity contribution < 1.29 is 17.9 Å².